The summed E-state index contributed by atoms with van der Waals surface area (Å²) in [5, 5.41) is 7.63. The molecule has 7 nitrogen and oxygen atoms in total. The van der Waals surface area contributed by atoms with Crippen LogP contribution in [0.4, 0.5) is 0 Å². The largest absolute Gasteiger partial charge is 0.497 e. The van der Waals surface area contributed by atoms with Crippen molar-refractivity contribution < 1.29 is 14.3 Å². The summed E-state index contributed by atoms with van der Waals surface area (Å²) in [7, 11) is 1.57. The smallest absolute Gasteiger partial charge is 0.251 e. The minimum absolute atomic E-state index is 0.0577. The molecule has 27 heavy (non-hydrogen) atoms. The summed E-state index contributed by atoms with van der Waals surface area (Å²) >= 11 is 1.54. The maximum Gasteiger partial charge on any atom is 0.251 e. The second kappa shape index (κ2) is 8.22. The van der Waals surface area contributed by atoms with Gasteiger partial charge in [-0.25, -0.2) is 4.98 Å². The van der Waals surface area contributed by atoms with E-state index in [1.807, 2.05) is 36.0 Å². The predicted molar refractivity (Wildman–Crippen MR) is 104 cm³/mol. The number of nitrogens with zero attached hydrogens (tertiary/aromatic N) is 2. The van der Waals surface area contributed by atoms with Crippen LogP contribution in [0.25, 0.3) is 4.96 Å². The van der Waals surface area contributed by atoms with Gasteiger partial charge in [0.25, 0.3) is 5.91 Å². The second-order valence-corrected chi connectivity index (χ2v) is 7.34. The van der Waals surface area contributed by atoms with Gasteiger partial charge in [0.05, 0.1) is 19.3 Å². The number of amides is 2. The molecule has 2 aromatic heterocycles. The summed E-state index contributed by atoms with van der Waals surface area (Å²) < 4.78 is 7.01. The number of benzene rings is 1. The molecule has 0 saturated carbocycles. The lowest BCUT2D eigenvalue weighted by Crippen LogP contribution is -2.49. The van der Waals surface area contributed by atoms with Crippen LogP contribution in [0.15, 0.2) is 42.0 Å². The van der Waals surface area contributed by atoms with Crippen LogP contribution in [0.2, 0.25) is 0 Å². The minimum Gasteiger partial charge on any atom is -0.497 e. The van der Waals surface area contributed by atoms with Gasteiger partial charge < -0.3 is 15.4 Å². The lowest BCUT2D eigenvalue weighted by atomic mass is 10.0. The quantitative estimate of drug-likeness (QED) is 0.653. The Morgan fingerprint density at radius 3 is 2.63 bits per heavy atom. The van der Waals surface area contributed by atoms with Gasteiger partial charge in [0.1, 0.15) is 11.8 Å². The van der Waals surface area contributed by atoms with Gasteiger partial charge in [-0.05, 0) is 30.2 Å². The van der Waals surface area contributed by atoms with E-state index in [9.17, 15) is 9.59 Å². The molecular formula is C19H22N4O3S. The molecular weight excluding hydrogens is 364 g/mol. The van der Waals surface area contributed by atoms with Gasteiger partial charge in [-0.2, -0.15) is 0 Å². The topological polar surface area (TPSA) is 84.7 Å². The van der Waals surface area contributed by atoms with Crippen LogP contribution >= 0.6 is 11.3 Å². The van der Waals surface area contributed by atoms with Crippen molar-refractivity contribution in [1.82, 2.24) is 20.0 Å². The van der Waals surface area contributed by atoms with E-state index in [-0.39, 0.29) is 17.7 Å². The fourth-order valence-corrected chi connectivity index (χ4v) is 3.37. The van der Waals surface area contributed by atoms with Crippen LogP contribution in [0.5, 0.6) is 5.75 Å². The number of hydrogen-bond acceptors (Lipinski definition) is 5. The van der Waals surface area contributed by atoms with Gasteiger partial charge in [0.2, 0.25) is 5.91 Å². The van der Waals surface area contributed by atoms with Crippen molar-refractivity contribution in [3.63, 3.8) is 0 Å². The van der Waals surface area contributed by atoms with Gasteiger partial charge in [0, 0.05) is 23.3 Å². The van der Waals surface area contributed by atoms with Crippen molar-refractivity contribution in [3.8, 4) is 5.75 Å². The molecule has 1 aromatic carbocycles. The highest BCUT2D eigenvalue weighted by Gasteiger charge is 2.24. The molecule has 2 N–H and O–H groups in total. The molecule has 3 aromatic rings. The van der Waals surface area contributed by atoms with E-state index in [1.165, 1.54) is 11.3 Å². The molecule has 0 aliphatic rings. The van der Waals surface area contributed by atoms with Crippen molar-refractivity contribution in [1.29, 1.82) is 0 Å². The molecule has 1 unspecified atom stereocenters. The number of carbonyl (C=O) groups excluding carboxylic acids is 2. The number of aromatic nitrogens is 2. The Morgan fingerprint density at radius 1 is 1.26 bits per heavy atom. The highest BCUT2D eigenvalue weighted by molar-refractivity contribution is 7.15. The van der Waals surface area contributed by atoms with Gasteiger partial charge in [0.15, 0.2) is 4.96 Å². The molecule has 0 aliphatic heterocycles. The SMILES string of the molecule is COc1ccc(C(=O)NC(C(=O)NCc2cn3ccsc3n2)C(C)C)cc1. The number of imidazole rings is 1. The van der Waals surface area contributed by atoms with E-state index in [1.54, 1.807) is 31.4 Å². The number of methoxy groups -OCH3 is 1. The fraction of sp³-hybridized carbons (Fsp3) is 0.316. The Bertz CT molecular complexity index is 901. The average molecular weight is 386 g/mol. The third kappa shape index (κ3) is 4.46. The lowest BCUT2D eigenvalue weighted by Gasteiger charge is -2.21. The van der Waals surface area contributed by atoms with Crippen molar-refractivity contribution in [3.05, 3.63) is 53.3 Å². The van der Waals surface area contributed by atoms with Crippen LogP contribution in [0.1, 0.15) is 29.9 Å². The Kier molecular flexibility index (Phi) is 5.75. The first-order valence-corrected chi connectivity index (χ1v) is 9.49. The van der Waals surface area contributed by atoms with E-state index in [2.05, 4.69) is 15.6 Å². The first kappa shape index (κ1) is 18.9. The average Bonchev–Trinajstić information content (AvgIpc) is 3.25. The normalized spacial score (nSPS) is 12.1. The van der Waals surface area contributed by atoms with Crippen LogP contribution in [0.3, 0.4) is 0 Å². The van der Waals surface area contributed by atoms with E-state index in [4.69, 9.17) is 4.74 Å². The zero-order chi connectivity index (χ0) is 19.4. The number of hydrogen-bond donors (Lipinski definition) is 2. The monoisotopic (exact) mass is 386 g/mol. The molecule has 0 spiro atoms. The highest BCUT2D eigenvalue weighted by Crippen LogP contribution is 2.13. The molecule has 2 heterocycles. The zero-order valence-corrected chi connectivity index (χ0v) is 16.2. The number of carbonyl (C=O) groups is 2. The van der Waals surface area contributed by atoms with Crippen LogP contribution in [-0.4, -0.2) is 34.4 Å². The summed E-state index contributed by atoms with van der Waals surface area (Å²) in [5.41, 5.74) is 1.25. The third-order valence-electron chi connectivity index (χ3n) is 4.17. The van der Waals surface area contributed by atoms with E-state index >= 15 is 0 Å². The highest BCUT2D eigenvalue weighted by atomic mass is 32.1. The van der Waals surface area contributed by atoms with E-state index in [0.29, 0.717) is 17.9 Å². The molecule has 3 rings (SSSR count). The summed E-state index contributed by atoms with van der Waals surface area (Å²) in [4.78, 5) is 30.4. The third-order valence-corrected chi connectivity index (χ3v) is 4.95. The molecule has 1 atom stereocenters. The van der Waals surface area contributed by atoms with Gasteiger partial charge in [-0.3, -0.25) is 14.0 Å². The molecule has 2 amide bonds. The van der Waals surface area contributed by atoms with Crippen LogP contribution in [-0.2, 0) is 11.3 Å². The summed E-state index contributed by atoms with van der Waals surface area (Å²) in [6.45, 7) is 4.10. The Hall–Kier alpha value is -2.87. The van der Waals surface area contributed by atoms with Gasteiger partial charge in [-0.1, -0.05) is 13.8 Å². The summed E-state index contributed by atoms with van der Waals surface area (Å²) in [6, 6.07) is 6.12. The maximum atomic E-state index is 12.6. The van der Waals surface area contributed by atoms with Crippen molar-refractivity contribution in [2.75, 3.05) is 7.11 Å². The molecule has 0 radical (unpaired) electrons. The minimum atomic E-state index is -0.636. The fourth-order valence-electron chi connectivity index (χ4n) is 2.65. The molecule has 0 fully saturated rings. The number of ether oxygens (including phenoxy) is 1. The van der Waals surface area contributed by atoms with Gasteiger partial charge in [-0.15, -0.1) is 11.3 Å². The first-order valence-electron chi connectivity index (χ1n) is 8.61. The zero-order valence-electron chi connectivity index (χ0n) is 15.4. The molecule has 8 heteroatoms. The van der Waals surface area contributed by atoms with E-state index in [0.717, 1.165) is 10.7 Å². The standard InChI is InChI=1S/C19H22N4O3S/c1-12(2)16(22-17(24)13-4-6-15(26-3)7-5-13)18(25)20-10-14-11-23-8-9-27-19(23)21-14/h4-9,11-12,16H,10H2,1-3H3,(H,20,25)(H,22,24). The van der Waals surface area contributed by atoms with E-state index < -0.39 is 6.04 Å². The van der Waals surface area contributed by atoms with Gasteiger partial charge >= 0.3 is 0 Å². The molecule has 142 valence electrons. The number of fused-ring (bicyclic) bond motifs is 1. The number of nitrogens with one attached hydrogen (secondary N) is 2. The van der Waals surface area contributed by atoms with Crippen molar-refractivity contribution >= 4 is 28.1 Å². The maximum absolute atomic E-state index is 12.6. The first-order chi connectivity index (χ1) is 13.0. The van der Waals surface area contributed by atoms with Crippen LogP contribution in [0, 0.1) is 5.92 Å². The molecule has 0 bridgehead atoms. The summed E-state index contributed by atoms with van der Waals surface area (Å²) in [6.07, 6.45) is 3.80. The van der Waals surface area contributed by atoms with Crippen LogP contribution < -0.4 is 15.4 Å². The molecule has 0 saturated heterocycles. The molecule has 0 aliphatic carbocycles. The predicted octanol–water partition coefficient (Wildman–Crippen LogP) is 2.48. The number of thiazole rings is 1. The lowest BCUT2D eigenvalue weighted by molar-refractivity contribution is -0.124. The Labute approximate surface area is 161 Å². The second-order valence-electron chi connectivity index (χ2n) is 6.47. The van der Waals surface area contributed by atoms with Crippen molar-refractivity contribution in [2.45, 2.75) is 26.4 Å². The Balaban J connectivity index is 1.61. The van der Waals surface area contributed by atoms with Crippen molar-refractivity contribution in [2.24, 2.45) is 5.92 Å². The Morgan fingerprint density at radius 2 is 2.00 bits per heavy atom. The summed E-state index contributed by atoms with van der Waals surface area (Å²) in [5.74, 6) is 0.0830. The number of rotatable bonds is 7.